The Labute approximate surface area is 271 Å². The number of aromatic nitrogens is 2. The Balaban J connectivity index is 1.46. The van der Waals surface area contributed by atoms with E-state index in [-0.39, 0.29) is 29.7 Å². The van der Waals surface area contributed by atoms with E-state index in [4.69, 9.17) is 26.1 Å². The van der Waals surface area contributed by atoms with Crippen LogP contribution in [0.15, 0.2) is 48.7 Å². The normalized spacial score (nSPS) is 16.2. The van der Waals surface area contributed by atoms with Crippen molar-refractivity contribution in [2.24, 2.45) is 0 Å². The molecular weight excluding hydrogens is 623 g/mol. The number of nitrogens with one attached hydrogen (secondary N) is 1. The van der Waals surface area contributed by atoms with Crippen LogP contribution in [0.2, 0.25) is 5.02 Å². The summed E-state index contributed by atoms with van der Waals surface area (Å²) in [7, 11) is 0. The summed E-state index contributed by atoms with van der Waals surface area (Å²) in [5.74, 6) is 0.119. The Morgan fingerprint density at radius 3 is 2.50 bits per heavy atom. The van der Waals surface area contributed by atoms with Crippen molar-refractivity contribution >= 4 is 29.3 Å². The number of benzene rings is 1. The van der Waals surface area contributed by atoms with Gasteiger partial charge in [-0.1, -0.05) is 17.7 Å². The zero-order chi connectivity index (χ0) is 33.3. The maximum Gasteiger partial charge on any atom is 0.418 e. The molecule has 4 heterocycles. The fourth-order valence-electron chi connectivity index (χ4n) is 6.14. The van der Waals surface area contributed by atoms with Crippen LogP contribution in [-0.4, -0.2) is 65.3 Å². The zero-order valence-corrected chi connectivity index (χ0v) is 27.0. The van der Waals surface area contributed by atoms with E-state index in [0.29, 0.717) is 61.9 Å². The second-order valence-electron chi connectivity index (χ2n) is 12.5. The molecule has 0 aliphatic carbocycles. The number of nitrogens with zero attached hydrogens (tertiary/aromatic N) is 4. The Kier molecular flexibility index (Phi) is 9.40. The molecule has 46 heavy (non-hydrogen) atoms. The standard InChI is InChI=1S/C33H37ClF3N5O4/c1-5-45-29-22(7-6-14-38-29)25-10-9-23-26(40-25)19-42(28(43)18-39-30(44)46-31(2,3)4)20-32(23)12-15-41(16-13-32)27-11-8-21(34)17-24(27)33(35,36)37/h6-11,14,17H,5,12-13,15-16,18-20H2,1-4H3,(H,39,44). The summed E-state index contributed by atoms with van der Waals surface area (Å²) < 4.78 is 52.9. The third kappa shape index (κ3) is 7.32. The summed E-state index contributed by atoms with van der Waals surface area (Å²) in [4.78, 5) is 38.5. The van der Waals surface area contributed by atoms with Gasteiger partial charge in [-0.3, -0.25) is 9.78 Å². The van der Waals surface area contributed by atoms with Crippen LogP contribution < -0.4 is 15.0 Å². The minimum absolute atomic E-state index is 0.0166. The summed E-state index contributed by atoms with van der Waals surface area (Å²) in [5.41, 5.74) is 0.959. The summed E-state index contributed by atoms with van der Waals surface area (Å²) >= 11 is 5.93. The Morgan fingerprint density at radius 1 is 1.09 bits per heavy atom. The minimum atomic E-state index is -4.57. The monoisotopic (exact) mass is 659 g/mol. The van der Waals surface area contributed by atoms with Crippen LogP contribution in [0.5, 0.6) is 5.88 Å². The van der Waals surface area contributed by atoms with Crippen molar-refractivity contribution in [3.05, 3.63) is 70.5 Å². The first-order valence-electron chi connectivity index (χ1n) is 15.1. The van der Waals surface area contributed by atoms with E-state index in [1.54, 1.807) is 42.8 Å². The number of alkyl carbamates (subject to hydrolysis) is 1. The van der Waals surface area contributed by atoms with Gasteiger partial charge in [0, 0.05) is 42.0 Å². The van der Waals surface area contributed by atoms with E-state index in [9.17, 15) is 22.8 Å². The molecule has 1 saturated heterocycles. The SMILES string of the molecule is CCOc1ncccc1-c1ccc2c(n1)CN(C(=O)CNC(=O)OC(C)(C)C)CC21CCN(c2ccc(Cl)cc2C(F)(F)F)CC1. The van der Waals surface area contributed by atoms with E-state index in [1.165, 1.54) is 12.1 Å². The van der Waals surface area contributed by atoms with Crippen LogP contribution in [0.25, 0.3) is 11.3 Å². The van der Waals surface area contributed by atoms with Gasteiger partial charge in [-0.15, -0.1) is 0 Å². The van der Waals surface area contributed by atoms with E-state index in [1.807, 2.05) is 25.1 Å². The largest absolute Gasteiger partial charge is 0.477 e. The molecule has 9 nitrogen and oxygen atoms in total. The van der Waals surface area contributed by atoms with Crippen LogP contribution in [0.4, 0.5) is 23.7 Å². The van der Waals surface area contributed by atoms with Crippen molar-refractivity contribution in [2.45, 2.75) is 64.3 Å². The van der Waals surface area contributed by atoms with Crippen molar-refractivity contribution in [2.75, 3.05) is 37.7 Å². The molecule has 1 aromatic carbocycles. The van der Waals surface area contributed by atoms with Crippen molar-refractivity contribution in [3.63, 3.8) is 0 Å². The molecule has 13 heteroatoms. The summed E-state index contributed by atoms with van der Waals surface area (Å²) in [6.45, 7) is 8.38. The number of halogens is 4. The lowest BCUT2D eigenvalue weighted by atomic mass is 9.69. The molecule has 0 radical (unpaired) electrons. The lowest BCUT2D eigenvalue weighted by molar-refractivity contribution is -0.137. The number of pyridine rings is 2. The third-order valence-electron chi connectivity index (χ3n) is 8.17. The predicted molar refractivity (Wildman–Crippen MR) is 168 cm³/mol. The molecule has 246 valence electrons. The van der Waals surface area contributed by atoms with Gasteiger partial charge in [-0.25, -0.2) is 9.78 Å². The van der Waals surface area contributed by atoms with Crippen LogP contribution in [0.1, 0.15) is 57.4 Å². The lowest BCUT2D eigenvalue weighted by Gasteiger charge is -2.49. The quantitative estimate of drug-likeness (QED) is 0.318. The molecule has 2 aliphatic heterocycles. The lowest BCUT2D eigenvalue weighted by Crippen LogP contribution is -2.55. The smallest absolute Gasteiger partial charge is 0.418 e. The number of carbonyl (C=O) groups is 2. The van der Waals surface area contributed by atoms with Crippen LogP contribution in [-0.2, 0) is 27.7 Å². The van der Waals surface area contributed by atoms with E-state index >= 15 is 0 Å². The minimum Gasteiger partial charge on any atom is -0.477 e. The summed E-state index contributed by atoms with van der Waals surface area (Å²) in [6, 6.07) is 11.4. The highest BCUT2D eigenvalue weighted by Gasteiger charge is 2.45. The summed E-state index contributed by atoms with van der Waals surface area (Å²) in [6.07, 6.45) is -2.68. The highest BCUT2D eigenvalue weighted by molar-refractivity contribution is 6.30. The van der Waals surface area contributed by atoms with Crippen molar-refractivity contribution in [1.29, 1.82) is 0 Å². The number of fused-ring (bicyclic) bond motifs is 2. The molecule has 1 N–H and O–H groups in total. The third-order valence-corrected chi connectivity index (χ3v) is 8.40. The Hall–Kier alpha value is -4.06. The van der Waals surface area contributed by atoms with Gasteiger partial charge in [0.25, 0.3) is 0 Å². The topological polar surface area (TPSA) is 96.9 Å². The first kappa shape index (κ1) is 33.3. The number of anilines is 1. The maximum absolute atomic E-state index is 14.0. The van der Waals surface area contributed by atoms with Gasteiger partial charge < -0.3 is 24.6 Å². The van der Waals surface area contributed by atoms with Gasteiger partial charge in [-0.05, 0) is 82.5 Å². The highest BCUT2D eigenvalue weighted by atomic mass is 35.5. The molecule has 0 unspecified atom stereocenters. The zero-order valence-electron chi connectivity index (χ0n) is 26.2. The molecule has 2 amide bonds. The van der Waals surface area contributed by atoms with Crippen molar-refractivity contribution in [3.8, 4) is 17.1 Å². The molecule has 2 aliphatic rings. The number of rotatable bonds is 6. The number of carbonyl (C=O) groups excluding carboxylic acids is 2. The van der Waals surface area contributed by atoms with Gasteiger partial charge in [0.1, 0.15) is 12.1 Å². The Morgan fingerprint density at radius 2 is 1.83 bits per heavy atom. The number of piperidine rings is 1. The number of ether oxygens (including phenoxy) is 2. The van der Waals surface area contributed by atoms with Crippen LogP contribution >= 0.6 is 11.6 Å². The molecule has 2 aromatic heterocycles. The van der Waals surface area contributed by atoms with Crippen LogP contribution in [0.3, 0.4) is 0 Å². The second-order valence-corrected chi connectivity index (χ2v) is 12.9. The fraction of sp³-hybridized carbons (Fsp3) is 0.455. The van der Waals surface area contributed by atoms with Crippen LogP contribution in [0, 0.1) is 0 Å². The van der Waals surface area contributed by atoms with Gasteiger partial charge in [0.05, 0.1) is 35.7 Å². The van der Waals surface area contributed by atoms with Gasteiger partial charge in [0.15, 0.2) is 0 Å². The van der Waals surface area contributed by atoms with Gasteiger partial charge in [0.2, 0.25) is 11.8 Å². The molecular formula is C33H37ClF3N5O4. The average Bonchev–Trinajstić information content (AvgIpc) is 2.99. The fourth-order valence-corrected chi connectivity index (χ4v) is 6.32. The summed E-state index contributed by atoms with van der Waals surface area (Å²) in [5, 5.41) is 2.56. The molecule has 0 atom stereocenters. The average molecular weight is 660 g/mol. The molecule has 0 bridgehead atoms. The number of hydrogen-bond donors (Lipinski definition) is 1. The number of hydrogen-bond acceptors (Lipinski definition) is 7. The van der Waals surface area contributed by atoms with Gasteiger partial charge in [-0.2, -0.15) is 13.2 Å². The number of alkyl halides is 3. The second kappa shape index (κ2) is 13.0. The van der Waals surface area contributed by atoms with Crippen molar-refractivity contribution < 1.29 is 32.2 Å². The first-order chi connectivity index (χ1) is 21.7. The van der Waals surface area contributed by atoms with E-state index in [0.717, 1.165) is 11.6 Å². The number of amides is 2. The van der Waals surface area contributed by atoms with E-state index < -0.39 is 28.8 Å². The molecule has 0 saturated carbocycles. The molecule has 5 rings (SSSR count). The molecule has 1 fully saturated rings. The van der Waals surface area contributed by atoms with E-state index in [2.05, 4.69) is 10.3 Å². The maximum atomic E-state index is 14.0. The van der Waals surface area contributed by atoms with Gasteiger partial charge >= 0.3 is 12.3 Å². The molecule has 3 aromatic rings. The predicted octanol–water partition coefficient (Wildman–Crippen LogP) is 6.62. The molecule has 1 spiro atoms. The Bertz CT molecular complexity index is 1600. The first-order valence-corrected chi connectivity index (χ1v) is 15.5. The van der Waals surface area contributed by atoms with Crippen molar-refractivity contribution in [1.82, 2.24) is 20.2 Å². The highest BCUT2D eigenvalue weighted by Crippen LogP contribution is 2.45.